The summed E-state index contributed by atoms with van der Waals surface area (Å²) in [6, 6.07) is 15.1. The predicted molar refractivity (Wildman–Crippen MR) is 104 cm³/mol. The van der Waals surface area contributed by atoms with Gasteiger partial charge < -0.3 is 21.1 Å². The molecule has 0 heterocycles. The zero-order valence-electron chi connectivity index (χ0n) is 15.2. The second-order valence-electron chi connectivity index (χ2n) is 6.76. The van der Waals surface area contributed by atoms with Gasteiger partial charge in [-0.2, -0.15) is 0 Å². The standard InChI is InChI=1S/C21H25N3O3/c22-17-10-6-7-15(13-17)14-23-21(26)24-19(16-8-2-1-3-9-16)20(25)27-18-11-4-5-12-18/h1-3,6-10,13,18-19H,4-5,11-12,14,22H2,(H2,23,24,26)/t19-/m0/s1. The van der Waals surface area contributed by atoms with Crippen LogP contribution in [0.15, 0.2) is 54.6 Å². The lowest BCUT2D eigenvalue weighted by atomic mass is 10.1. The molecule has 6 heteroatoms. The van der Waals surface area contributed by atoms with Crippen molar-refractivity contribution in [1.82, 2.24) is 10.6 Å². The second-order valence-corrected chi connectivity index (χ2v) is 6.76. The Morgan fingerprint density at radius 3 is 2.52 bits per heavy atom. The van der Waals surface area contributed by atoms with Crippen molar-refractivity contribution in [2.75, 3.05) is 5.73 Å². The third kappa shape index (κ3) is 5.48. The molecule has 0 unspecified atom stereocenters. The smallest absolute Gasteiger partial charge is 0.333 e. The van der Waals surface area contributed by atoms with Crippen molar-refractivity contribution in [2.24, 2.45) is 0 Å². The Morgan fingerprint density at radius 2 is 1.81 bits per heavy atom. The number of hydrogen-bond donors (Lipinski definition) is 3. The highest BCUT2D eigenvalue weighted by Crippen LogP contribution is 2.24. The number of esters is 1. The first-order valence-electron chi connectivity index (χ1n) is 9.26. The molecule has 4 N–H and O–H groups in total. The minimum Gasteiger partial charge on any atom is -0.461 e. The summed E-state index contributed by atoms with van der Waals surface area (Å²) in [4.78, 5) is 25.0. The van der Waals surface area contributed by atoms with Crippen molar-refractivity contribution in [2.45, 2.75) is 44.4 Å². The zero-order chi connectivity index (χ0) is 19.1. The Labute approximate surface area is 159 Å². The fourth-order valence-corrected chi connectivity index (χ4v) is 3.23. The van der Waals surface area contributed by atoms with Gasteiger partial charge >= 0.3 is 12.0 Å². The maximum absolute atomic E-state index is 12.7. The van der Waals surface area contributed by atoms with Crippen LogP contribution in [0.25, 0.3) is 0 Å². The summed E-state index contributed by atoms with van der Waals surface area (Å²) < 4.78 is 5.61. The average Bonchev–Trinajstić information content (AvgIpc) is 3.18. The molecule has 142 valence electrons. The van der Waals surface area contributed by atoms with Crippen LogP contribution >= 0.6 is 0 Å². The summed E-state index contributed by atoms with van der Waals surface area (Å²) in [7, 11) is 0. The lowest BCUT2D eigenvalue weighted by Gasteiger charge is -2.21. The number of amides is 2. The Morgan fingerprint density at radius 1 is 1.07 bits per heavy atom. The quantitative estimate of drug-likeness (QED) is 0.539. The molecule has 0 spiro atoms. The van der Waals surface area contributed by atoms with E-state index in [1.165, 1.54) is 0 Å². The molecule has 1 aliphatic carbocycles. The van der Waals surface area contributed by atoms with Crippen molar-refractivity contribution in [3.05, 3.63) is 65.7 Å². The monoisotopic (exact) mass is 367 g/mol. The highest BCUT2D eigenvalue weighted by molar-refractivity contribution is 5.84. The Hall–Kier alpha value is -3.02. The second kappa shape index (κ2) is 9.07. The van der Waals surface area contributed by atoms with Gasteiger partial charge in [-0.3, -0.25) is 0 Å². The molecular formula is C21H25N3O3. The number of ether oxygens (including phenoxy) is 1. The molecule has 6 nitrogen and oxygen atoms in total. The third-order valence-electron chi connectivity index (χ3n) is 4.63. The lowest BCUT2D eigenvalue weighted by molar-refractivity contribution is -0.151. The number of hydrogen-bond acceptors (Lipinski definition) is 4. The van der Waals surface area contributed by atoms with E-state index in [1.807, 2.05) is 30.3 Å². The summed E-state index contributed by atoms with van der Waals surface area (Å²) in [6.45, 7) is 0.316. The van der Waals surface area contributed by atoms with E-state index < -0.39 is 18.0 Å². The van der Waals surface area contributed by atoms with Gasteiger partial charge in [0.15, 0.2) is 6.04 Å². The van der Waals surface area contributed by atoms with E-state index in [-0.39, 0.29) is 6.10 Å². The Kier molecular flexibility index (Phi) is 6.30. The van der Waals surface area contributed by atoms with Crippen LogP contribution in [-0.4, -0.2) is 18.1 Å². The average molecular weight is 367 g/mol. The van der Waals surface area contributed by atoms with Gasteiger partial charge in [-0.1, -0.05) is 42.5 Å². The Bertz CT molecular complexity index is 773. The highest BCUT2D eigenvalue weighted by Gasteiger charge is 2.28. The van der Waals surface area contributed by atoms with Gasteiger partial charge in [0.05, 0.1) is 0 Å². The first kappa shape index (κ1) is 18.8. The molecule has 0 bridgehead atoms. The molecule has 1 fully saturated rings. The molecule has 3 rings (SSSR count). The number of benzene rings is 2. The molecule has 0 saturated heterocycles. The minimum absolute atomic E-state index is 0.0548. The van der Waals surface area contributed by atoms with Gasteiger partial charge in [0.2, 0.25) is 0 Å². The van der Waals surface area contributed by atoms with E-state index in [0.29, 0.717) is 17.8 Å². The molecule has 1 saturated carbocycles. The fourth-order valence-electron chi connectivity index (χ4n) is 3.23. The number of nitrogens with one attached hydrogen (secondary N) is 2. The molecule has 0 aliphatic heterocycles. The van der Waals surface area contributed by atoms with E-state index in [1.54, 1.807) is 24.3 Å². The molecule has 1 aliphatic rings. The van der Waals surface area contributed by atoms with Gasteiger partial charge in [-0.25, -0.2) is 9.59 Å². The summed E-state index contributed by atoms with van der Waals surface area (Å²) in [5, 5.41) is 5.50. The van der Waals surface area contributed by atoms with Crippen molar-refractivity contribution in [1.29, 1.82) is 0 Å². The van der Waals surface area contributed by atoms with Gasteiger partial charge in [-0.15, -0.1) is 0 Å². The first-order valence-corrected chi connectivity index (χ1v) is 9.26. The SMILES string of the molecule is Nc1cccc(CNC(=O)N[C@H](C(=O)OC2CCCC2)c2ccccc2)c1. The van der Waals surface area contributed by atoms with Gasteiger partial charge in [0, 0.05) is 12.2 Å². The number of rotatable bonds is 6. The first-order chi connectivity index (χ1) is 13.1. The van der Waals surface area contributed by atoms with E-state index in [9.17, 15) is 9.59 Å². The third-order valence-corrected chi connectivity index (χ3v) is 4.63. The van der Waals surface area contributed by atoms with Crippen LogP contribution in [0.3, 0.4) is 0 Å². The summed E-state index contributed by atoms with van der Waals surface area (Å²) in [6.07, 6.45) is 3.86. The van der Waals surface area contributed by atoms with E-state index in [0.717, 1.165) is 31.2 Å². The normalized spacial score (nSPS) is 15.1. The van der Waals surface area contributed by atoms with Crippen molar-refractivity contribution < 1.29 is 14.3 Å². The Balaban J connectivity index is 1.63. The van der Waals surface area contributed by atoms with Crippen LogP contribution in [0.2, 0.25) is 0 Å². The van der Waals surface area contributed by atoms with E-state index >= 15 is 0 Å². The number of carbonyl (C=O) groups is 2. The highest BCUT2D eigenvalue weighted by atomic mass is 16.5. The maximum Gasteiger partial charge on any atom is 0.333 e. The molecule has 2 aromatic carbocycles. The van der Waals surface area contributed by atoms with Crippen LogP contribution in [0, 0.1) is 0 Å². The number of nitrogens with two attached hydrogens (primary N) is 1. The molecule has 1 atom stereocenters. The molecule has 0 radical (unpaired) electrons. The predicted octanol–water partition coefficient (Wildman–Crippen LogP) is 3.30. The summed E-state index contributed by atoms with van der Waals surface area (Å²) in [5.74, 6) is -0.424. The van der Waals surface area contributed by atoms with E-state index in [2.05, 4.69) is 10.6 Å². The van der Waals surface area contributed by atoms with Crippen molar-refractivity contribution >= 4 is 17.7 Å². The van der Waals surface area contributed by atoms with Gasteiger partial charge in [0.25, 0.3) is 0 Å². The minimum atomic E-state index is -0.840. The molecule has 0 aromatic heterocycles. The van der Waals surface area contributed by atoms with Crippen LogP contribution in [0.4, 0.5) is 10.5 Å². The lowest BCUT2D eigenvalue weighted by Crippen LogP contribution is -2.41. The van der Waals surface area contributed by atoms with Gasteiger partial charge in [0.1, 0.15) is 6.10 Å². The van der Waals surface area contributed by atoms with Crippen LogP contribution in [0.5, 0.6) is 0 Å². The molecule has 2 aromatic rings. The number of carbonyl (C=O) groups excluding carboxylic acids is 2. The number of anilines is 1. The van der Waals surface area contributed by atoms with Crippen LogP contribution < -0.4 is 16.4 Å². The summed E-state index contributed by atoms with van der Waals surface area (Å²) in [5.41, 5.74) is 7.96. The topological polar surface area (TPSA) is 93.5 Å². The van der Waals surface area contributed by atoms with E-state index in [4.69, 9.17) is 10.5 Å². The fraction of sp³-hybridized carbons (Fsp3) is 0.333. The molecule has 27 heavy (non-hydrogen) atoms. The number of urea groups is 1. The molecular weight excluding hydrogens is 342 g/mol. The molecule has 2 amide bonds. The zero-order valence-corrected chi connectivity index (χ0v) is 15.2. The maximum atomic E-state index is 12.7. The van der Waals surface area contributed by atoms with Crippen molar-refractivity contribution in [3.63, 3.8) is 0 Å². The van der Waals surface area contributed by atoms with Crippen LogP contribution in [0.1, 0.15) is 42.9 Å². The van der Waals surface area contributed by atoms with Gasteiger partial charge in [-0.05, 0) is 48.9 Å². The largest absolute Gasteiger partial charge is 0.461 e. The van der Waals surface area contributed by atoms with Crippen molar-refractivity contribution in [3.8, 4) is 0 Å². The summed E-state index contributed by atoms with van der Waals surface area (Å²) >= 11 is 0. The van der Waals surface area contributed by atoms with Crippen LogP contribution in [-0.2, 0) is 16.1 Å². The number of nitrogen functional groups attached to an aromatic ring is 1.